The van der Waals surface area contributed by atoms with Gasteiger partial charge in [-0.1, -0.05) is 6.07 Å². The number of amides is 1. The molecule has 0 saturated heterocycles. The summed E-state index contributed by atoms with van der Waals surface area (Å²) in [7, 11) is 1.84. The van der Waals surface area contributed by atoms with Crippen LogP contribution in [-0.4, -0.2) is 30.9 Å². The Morgan fingerprint density at radius 3 is 2.80 bits per heavy atom. The van der Waals surface area contributed by atoms with E-state index >= 15 is 0 Å². The van der Waals surface area contributed by atoms with Gasteiger partial charge in [0, 0.05) is 25.1 Å². The molecule has 1 aromatic carbocycles. The number of nitrogens with zero attached hydrogens (tertiary/aromatic N) is 2. The van der Waals surface area contributed by atoms with Gasteiger partial charge in [-0.25, -0.2) is 4.39 Å². The molecule has 0 bridgehead atoms. The quantitative estimate of drug-likeness (QED) is 0.776. The molecule has 4 nitrogen and oxygen atoms in total. The summed E-state index contributed by atoms with van der Waals surface area (Å²) in [5.41, 5.74) is 0.725. The molecule has 1 rings (SSSR count). The first-order chi connectivity index (χ1) is 9.62. The smallest absolute Gasteiger partial charge is 0.222 e. The van der Waals surface area contributed by atoms with E-state index in [1.54, 1.807) is 17.0 Å². The Bertz CT molecular complexity index is 496. The topological polar surface area (TPSA) is 56.1 Å². The summed E-state index contributed by atoms with van der Waals surface area (Å²) in [6.07, 6.45) is 1.22. The number of nitriles is 1. The Kier molecular flexibility index (Phi) is 6.68. The van der Waals surface area contributed by atoms with Crippen LogP contribution in [0.25, 0.3) is 0 Å². The van der Waals surface area contributed by atoms with Gasteiger partial charge < -0.3 is 10.2 Å². The van der Waals surface area contributed by atoms with Crippen molar-refractivity contribution in [1.82, 2.24) is 10.2 Å². The van der Waals surface area contributed by atoms with E-state index in [9.17, 15) is 9.18 Å². The van der Waals surface area contributed by atoms with Crippen LogP contribution >= 0.6 is 0 Å². The Balaban J connectivity index is 2.68. The van der Waals surface area contributed by atoms with Gasteiger partial charge in [0.1, 0.15) is 5.82 Å². The molecule has 0 aromatic heterocycles. The van der Waals surface area contributed by atoms with Crippen LogP contribution in [-0.2, 0) is 11.3 Å². The molecule has 0 atom stereocenters. The maximum absolute atomic E-state index is 13.8. The largest absolute Gasteiger partial charge is 0.339 e. The standard InChI is InChI=1S/C15H20FN3O/c1-3-19(15(20)5-4-8-18-2)11-13-7-6-12(10-17)9-14(13)16/h6-7,9,18H,3-5,8,11H2,1-2H3. The Morgan fingerprint density at radius 1 is 1.50 bits per heavy atom. The van der Waals surface area contributed by atoms with Crippen LogP contribution in [0, 0.1) is 17.1 Å². The summed E-state index contributed by atoms with van der Waals surface area (Å²) >= 11 is 0. The van der Waals surface area contributed by atoms with Crippen molar-refractivity contribution in [1.29, 1.82) is 5.26 Å². The fourth-order valence-electron chi connectivity index (χ4n) is 1.90. The highest BCUT2D eigenvalue weighted by Crippen LogP contribution is 2.13. The lowest BCUT2D eigenvalue weighted by molar-refractivity contribution is -0.131. The van der Waals surface area contributed by atoms with Crippen molar-refractivity contribution >= 4 is 5.91 Å². The van der Waals surface area contributed by atoms with Crippen molar-refractivity contribution in [2.24, 2.45) is 0 Å². The highest BCUT2D eigenvalue weighted by atomic mass is 19.1. The zero-order valence-corrected chi connectivity index (χ0v) is 11.9. The van der Waals surface area contributed by atoms with Gasteiger partial charge in [-0.15, -0.1) is 0 Å². The van der Waals surface area contributed by atoms with Gasteiger partial charge >= 0.3 is 0 Å². The summed E-state index contributed by atoms with van der Waals surface area (Å²) in [6, 6.07) is 6.23. The molecule has 108 valence electrons. The maximum Gasteiger partial charge on any atom is 0.222 e. The first-order valence-electron chi connectivity index (χ1n) is 6.73. The van der Waals surface area contributed by atoms with Gasteiger partial charge in [0.15, 0.2) is 0 Å². The minimum absolute atomic E-state index is 0.0199. The number of hydrogen-bond donors (Lipinski definition) is 1. The predicted octanol–water partition coefficient (Wildman–Crippen LogP) is 2.05. The van der Waals surface area contributed by atoms with Gasteiger partial charge in [-0.2, -0.15) is 5.26 Å². The van der Waals surface area contributed by atoms with Crippen molar-refractivity contribution in [3.05, 3.63) is 35.1 Å². The van der Waals surface area contributed by atoms with E-state index < -0.39 is 5.82 Å². The van der Waals surface area contributed by atoms with E-state index in [4.69, 9.17) is 5.26 Å². The maximum atomic E-state index is 13.8. The fourth-order valence-corrected chi connectivity index (χ4v) is 1.90. The number of halogens is 1. The summed E-state index contributed by atoms with van der Waals surface area (Å²) in [5.74, 6) is -0.419. The van der Waals surface area contributed by atoms with Gasteiger partial charge in [-0.05, 0) is 39.1 Å². The van der Waals surface area contributed by atoms with Crippen LogP contribution in [0.5, 0.6) is 0 Å². The second-order valence-electron chi connectivity index (χ2n) is 4.53. The molecule has 0 unspecified atom stereocenters. The lowest BCUT2D eigenvalue weighted by Gasteiger charge is -2.21. The molecule has 0 spiro atoms. The van der Waals surface area contributed by atoms with E-state index in [0.29, 0.717) is 18.5 Å². The lowest BCUT2D eigenvalue weighted by Crippen LogP contribution is -2.31. The van der Waals surface area contributed by atoms with Crippen LogP contribution in [0.2, 0.25) is 0 Å². The van der Waals surface area contributed by atoms with Gasteiger partial charge in [-0.3, -0.25) is 4.79 Å². The van der Waals surface area contributed by atoms with E-state index in [-0.39, 0.29) is 18.0 Å². The molecule has 5 heteroatoms. The third-order valence-electron chi connectivity index (χ3n) is 3.10. The fraction of sp³-hybridized carbons (Fsp3) is 0.467. The average Bonchev–Trinajstić information content (AvgIpc) is 2.46. The molecular weight excluding hydrogens is 257 g/mol. The predicted molar refractivity (Wildman–Crippen MR) is 75.4 cm³/mol. The summed E-state index contributed by atoms with van der Waals surface area (Å²) < 4.78 is 13.8. The minimum Gasteiger partial charge on any atom is -0.339 e. The molecule has 1 aromatic rings. The molecule has 0 radical (unpaired) electrons. The molecule has 20 heavy (non-hydrogen) atoms. The van der Waals surface area contributed by atoms with E-state index in [1.807, 2.05) is 20.0 Å². The normalized spacial score (nSPS) is 10.1. The molecular formula is C15H20FN3O. The first-order valence-corrected chi connectivity index (χ1v) is 6.73. The van der Waals surface area contributed by atoms with E-state index in [1.165, 1.54) is 6.07 Å². The lowest BCUT2D eigenvalue weighted by atomic mass is 10.1. The second kappa shape index (κ2) is 8.28. The van der Waals surface area contributed by atoms with Crippen LogP contribution < -0.4 is 5.32 Å². The van der Waals surface area contributed by atoms with E-state index in [2.05, 4.69) is 5.32 Å². The monoisotopic (exact) mass is 277 g/mol. The van der Waals surface area contributed by atoms with Crippen molar-refractivity contribution in [3.63, 3.8) is 0 Å². The molecule has 0 aliphatic rings. The Morgan fingerprint density at radius 2 is 2.25 bits per heavy atom. The van der Waals surface area contributed by atoms with Crippen molar-refractivity contribution in [3.8, 4) is 6.07 Å². The molecule has 0 aliphatic carbocycles. The average molecular weight is 277 g/mol. The summed E-state index contributed by atoms with van der Waals surface area (Å²) in [5, 5.41) is 11.7. The SMILES string of the molecule is CCN(Cc1ccc(C#N)cc1F)C(=O)CCCNC. The third-order valence-corrected chi connectivity index (χ3v) is 3.10. The number of rotatable bonds is 7. The third kappa shape index (κ3) is 4.63. The van der Waals surface area contributed by atoms with Gasteiger partial charge in [0.25, 0.3) is 0 Å². The van der Waals surface area contributed by atoms with Crippen LogP contribution in [0.1, 0.15) is 30.9 Å². The number of carbonyl (C=O) groups excluding carboxylic acids is 1. The Hall–Kier alpha value is -1.93. The first kappa shape index (κ1) is 16.1. The number of nitrogens with one attached hydrogen (secondary N) is 1. The zero-order chi connectivity index (χ0) is 15.0. The van der Waals surface area contributed by atoms with E-state index in [0.717, 1.165) is 13.0 Å². The molecule has 1 amide bonds. The van der Waals surface area contributed by atoms with Crippen molar-refractivity contribution in [2.75, 3.05) is 20.1 Å². The summed E-state index contributed by atoms with van der Waals surface area (Å²) in [6.45, 7) is 3.44. The second-order valence-corrected chi connectivity index (χ2v) is 4.53. The van der Waals surface area contributed by atoms with Crippen LogP contribution in [0.15, 0.2) is 18.2 Å². The van der Waals surface area contributed by atoms with Gasteiger partial charge in [0.2, 0.25) is 5.91 Å². The van der Waals surface area contributed by atoms with Crippen LogP contribution in [0.4, 0.5) is 4.39 Å². The number of carbonyl (C=O) groups is 1. The molecule has 0 saturated carbocycles. The number of benzene rings is 1. The van der Waals surface area contributed by atoms with Crippen LogP contribution in [0.3, 0.4) is 0 Å². The molecule has 0 aliphatic heterocycles. The molecule has 0 heterocycles. The highest BCUT2D eigenvalue weighted by Gasteiger charge is 2.14. The number of hydrogen-bond acceptors (Lipinski definition) is 3. The van der Waals surface area contributed by atoms with Gasteiger partial charge in [0.05, 0.1) is 11.6 Å². The minimum atomic E-state index is -0.439. The Labute approximate surface area is 119 Å². The van der Waals surface area contributed by atoms with Crippen molar-refractivity contribution < 1.29 is 9.18 Å². The summed E-state index contributed by atoms with van der Waals surface area (Å²) in [4.78, 5) is 13.6. The molecule has 1 N–H and O–H groups in total. The zero-order valence-electron chi connectivity index (χ0n) is 11.9. The molecule has 0 fully saturated rings. The highest BCUT2D eigenvalue weighted by molar-refractivity contribution is 5.76. The van der Waals surface area contributed by atoms with Crippen molar-refractivity contribution in [2.45, 2.75) is 26.3 Å².